The Morgan fingerprint density at radius 3 is 2.55 bits per heavy atom. The molecule has 0 aliphatic carbocycles. The summed E-state index contributed by atoms with van der Waals surface area (Å²) in [6.07, 6.45) is -1.58. The fourth-order valence-corrected chi connectivity index (χ4v) is 3.71. The summed E-state index contributed by atoms with van der Waals surface area (Å²) >= 11 is 0. The third-order valence-corrected chi connectivity index (χ3v) is 5.35. The number of anilines is 1. The fraction of sp³-hybridized carbons (Fsp3) is 0.130. The fourth-order valence-electron chi connectivity index (χ4n) is 3.71. The van der Waals surface area contributed by atoms with E-state index in [0.29, 0.717) is 39.2 Å². The molecule has 0 fully saturated rings. The van der Waals surface area contributed by atoms with Crippen molar-refractivity contribution in [3.8, 4) is 11.3 Å². The number of nitrogens with zero attached hydrogens (tertiary/aromatic N) is 4. The molecule has 0 spiro atoms. The molecule has 0 unspecified atom stereocenters. The van der Waals surface area contributed by atoms with Crippen molar-refractivity contribution in [1.29, 1.82) is 0 Å². The first kappa shape index (κ1) is 20.8. The minimum Gasteiger partial charge on any atom is -0.362 e. The van der Waals surface area contributed by atoms with Crippen LogP contribution in [-0.2, 0) is 6.18 Å². The van der Waals surface area contributed by atoms with Crippen molar-refractivity contribution in [3.63, 3.8) is 0 Å². The number of hydrogen-bond acceptors (Lipinski definition) is 5. The molecule has 0 aliphatic rings. The smallest absolute Gasteiger partial charge is 0.362 e. The molecule has 5 rings (SSSR count). The highest BCUT2D eigenvalue weighted by molar-refractivity contribution is 5.85. The maximum absolute atomic E-state index is 14.5. The third kappa shape index (κ3) is 3.84. The lowest BCUT2D eigenvalue weighted by atomic mass is 9.97. The van der Waals surface area contributed by atoms with Gasteiger partial charge in [-0.25, -0.2) is 24.3 Å². The second-order valence-electron chi connectivity index (χ2n) is 7.50. The minimum atomic E-state index is -4.46. The zero-order valence-corrected chi connectivity index (χ0v) is 17.2. The summed E-state index contributed by atoms with van der Waals surface area (Å²) in [6, 6.07) is 10.7. The summed E-state index contributed by atoms with van der Waals surface area (Å²) in [6.45, 7) is 1.86. The molecule has 0 radical (unpaired) electrons. The molecule has 33 heavy (non-hydrogen) atoms. The van der Waals surface area contributed by atoms with Crippen molar-refractivity contribution in [2.24, 2.45) is 0 Å². The van der Waals surface area contributed by atoms with Crippen LogP contribution in [0.3, 0.4) is 0 Å². The molecule has 0 saturated heterocycles. The summed E-state index contributed by atoms with van der Waals surface area (Å²) in [5.74, 6) is -0.00880. The molecule has 0 aliphatic heterocycles. The first-order valence-corrected chi connectivity index (χ1v) is 9.98. The number of para-hydroxylation sites is 1. The molecule has 3 aromatic heterocycles. The van der Waals surface area contributed by atoms with Gasteiger partial charge in [0.1, 0.15) is 23.2 Å². The Balaban J connectivity index is 1.63. The highest BCUT2D eigenvalue weighted by Gasteiger charge is 2.30. The summed E-state index contributed by atoms with van der Waals surface area (Å²) in [5, 5.41) is 3.85. The van der Waals surface area contributed by atoms with Crippen molar-refractivity contribution in [2.45, 2.75) is 19.1 Å². The molecule has 6 nitrogen and oxygen atoms in total. The number of pyridine rings is 1. The van der Waals surface area contributed by atoms with Crippen LogP contribution in [0.4, 0.5) is 23.4 Å². The summed E-state index contributed by atoms with van der Waals surface area (Å²) in [5.41, 5.74) is 1.94. The molecule has 0 bridgehead atoms. The van der Waals surface area contributed by atoms with Crippen LogP contribution >= 0.6 is 0 Å². The van der Waals surface area contributed by atoms with Crippen LogP contribution in [0.2, 0.25) is 0 Å². The number of H-pyrrole nitrogens is 1. The number of aromatic nitrogens is 5. The summed E-state index contributed by atoms with van der Waals surface area (Å²) in [7, 11) is 0. The zero-order valence-electron chi connectivity index (χ0n) is 17.2. The summed E-state index contributed by atoms with van der Waals surface area (Å²) < 4.78 is 53.6. The Kier molecular flexibility index (Phi) is 4.92. The second-order valence-corrected chi connectivity index (χ2v) is 7.50. The minimum absolute atomic E-state index is 0.140. The topological polar surface area (TPSA) is 79.4 Å². The van der Waals surface area contributed by atoms with Gasteiger partial charge in [0, 0.05) is 16.5 Å². The first-order chi connectivity index (χ1) is 15.8. The van der Waals surface area contributed by atoms with Gasteiger partial charge in [-0.2, -0.15) is 13.2 Å². The Hall–Kier alpha value is -4.08. The predicted molar refractivity (Wildman–Crippen MR) is 116 cm³/mol. The van der Waals surface area contributed by atoms with Crippen LogP contribution in [0.1, 0.15) is 24.1 Å². The second kappa shape index (κ2) is 7.80. The lowest BCUT2D eigenvalue weighted by molar-refractivity contribution is -0.137. The number of hydrogen-bond donors (Lipinski definition) is 2. The van der Waals surface area contributed by atoms with E-state index in [2.05, 4.69) is 30.2 Å². The van der Waals surface area contributed by atoms with Crippen molar-refractivity contribution in [1.82, 2.24) is 24.9 Å². The van der Waals surface area contributed by atoms with E-state index in [9.17, 15) is 17.6 Å². The van der Waals surface area contributed by atoms with Gasteiger partial charge in [0.25, 0.3) is 0 Å². The maximum atomic E-state index is 14.5. The molecule has 0 amide bonds. The molecular formula is C23H16F4N6. The van der Waals surface area contributed by atoms with Gasteiger partial charge in [0.15, 0.2) is 11.5 Å². The van der Waals surface area contributed by atoms with E-state index in [1.807, 2.05) is 6.92 Å². The van der Waals surface area contributed by atoms with Gasteiger partial charge in [0.2, 0.25) is 0 Å². The molecule has 1 atom stereocenters. The number of halogens is 4. The third-order valence-electron chi connectivity index (χ3n) is 5.35. The SMILES string of the molecule is C[C@H](Nc1ncnc2nc[nH]c12)c1cc2cccc(F)c2nc1-c1ccc(C(F)(F)F)cc1. The molecular weight excluding hydrogens is 436 g/mol. The van der Waals surface area contributed by atoms with E-state index in [-0.39, 0.29) is 11.6 Å². The van der Waals surface area contributed by atoms with Gasteiger partial charge in [-0.3, -0.25) is 0 Å². The molecule has 5 aromatic rings. The lowest BCUT2D eigenvalue weighted by Crippen LogP contribution is -2.11. The van der Waals surface area contributed by atoms with Gasteiger partial charge in [-0.1, -0.05) is 24.3 Å². The van der Waals surface area contributed by atoms with Crippen LogP contribution in [0.15, 0.2) is 61.2 Å². The van der Waals surface area contributed by atoms with Crippen molar-refractivity contribution >= 4 is 27.9 Å². The standard InChI is InChI=1S/C23H16F4N6/c1-12(32-22-20-21(29-10-28-20)30-11-31-22)16-9-14-3-2-4-17(24)19(14)33-18(16)13-5-7-15(8-6-13)23(25,26)27/h2-12H,1H3,(H2,28,29,30,31,32)/t12-/m0/s1. The summed E-state index contributed by atoms with van der Waals surface area (Å²) in [4.78, 5) is 19.9. The highest BCUT2D eigenvalue weighted by atomic mass is 19.4. The molecule has 3 heterocycles. The number of imidazole rings is 1. The molecule has 0 saturated carbocycles. The predicted octanol–water partition coefficient (Wildman–Crippen LogP) is 5.90. The van der Waals surface area contributed by atoms with Gasteiger partial charge in [-0.15, -0.1) is 0 Å². The van der Waals surface area contributed by atoms with Crippen LogP contribution in [-0.4, -0.2) is 24.9 Å². The van der Waals surface area contributed by atoms with Gasteiger partial charge >= 0.3 is 6.18 Å². The van der Waals surface area contributed by atoms with E-state index >= 15 is 0 Å². The van der Waals surface area contributed by atoms with Crippen LogP contribution in [0.25, 0.3) is 33.3 Å². The number of rotatable bonds is 4. The molecule has 166 valence electrons. The van der Waals surface area contributed by atoms with Gasteiger partial charge in [-0.05, 0) is 31.2 Å². The van der Waals surface area contributed by atoms with Crippen LogP contribution in [0.5, 0.6) is 0 Å². The molecule has 2 N–H and O–H groups in total. The quantitative estimate of drug-likeness (QED) is 0.332. The Morgan fingerprint density at radius 1 is 1.00 bits per heavy atom. The van der Waals surface area contributed by atoms with E-state index < -0.39 is 17.6 Å². The number of nitrogens with one attached hydrogen (secondary N) is 2. The molecule has 2 aromatic carbocycles. The lowest BCUT2D eigenvalue weighted by Gasteiger charge is -2.20. The number of aromatic amines is 1. The van der Waals surface area contributed by atoms with Crippen molar-refractivity contribution < 1.29 is 17.6 Å². The Bertz CT molecular complexity index is 1460. The maximum Gasteiger partial charge on any atom is 0.416 e. The number of benzene rings is 2. The van der Waals surface area contributed by atoms with E-state index in [0.717, 1.165) is 12.1 Å². The average Bonchev–Trinajstić information content (AvgIpc) is 3.28. The Labute approximate surface area is 184 Å². The van der Waals surface area contributed by atoms with Crippen molar-refractivity contribution in [2.75, 3.05) is 5.32 Å². The van der Waals surface area contributed by atoms with Crippen LogP contribution in [0, 0.1) is 5.82 Å². The number of alkyl halides is 3. The Morgan fingerprint density at radius 2 is 1.79 bits per heavy atom. The average molecular weight is 452 g/mol. The van der Waals surface area contributed by atoms with Gasteiger partial charge in [0.05, 0.1) is 23.6 Å². The monoisotopic (exact) mass is 452 g/mol. The largest absolute Gasteiger partial charge is 0.416 e. The van der Waals surface area contributed by atoms with Gasteiger partial charge < -0.3 is 10.3 Å². The van der Waals surface area contributed by atoms with Crippen LogP contribution < -0.4 is 5.32 Å². The first-order valence-electron chi connectivity index (χ1n) is 9.98. The normalized spacial score (nSPS) is 12.9. The van der Waals surface area contributed by atoms with E-state index in [1.54, 1.807) is 18.2 Å². The van der Waals surface area contributed by atoms with E-state index in [4.69, 9.17) is 0 Å². The highest BCUT2D eigenvalue weighted by Crippen LogP contribution is 2.35. The molecule has 10 heteroatoms. The zero-order chi connectivity index (χ0) is 23.2. The van der Waals surface area contributed by atoms with Crippen molar-refractivity contribution in [3.05, 3.63) is 78.1 Å². The van der Waals surface area contributed by atoms with E-state index in [1.165, 1.54) is 30.9 Å². The number of fused-ring (bicyclic) bond motifs is 2.